The average Bonchev–Trinajstić information content (AvgIpc) is 3.61. The minimum absolute atomic E-state index is 0.0219. The minimum atomic E-state index is -0.893. The van der Waals surface area contributed by atoms with Crippen LogP contribution in [-0.2, 0) is 25.5 Å². The fourth-order valence-corrected chi connectivity index (χ4v) is 7.12. The number of para-hydroxylation sites is 1. The summed E-state index contributed by atoms with van der Waals surface area (Å²) in [4.78, 5) is 27.9. The molecule has 7 nitrogen and oxygen atoms in total. The summed E-state index contributed by atoms with van der Waals surface area (Å²) in [5, 5.41) is 5.12. The van der Waals surface area contributed by atoms with Crippen LogP contribution in [0.2, 0.25) is 0 Å². The molecule has 47 heavy (non-hydrogen) atoms. The Morgan fingerprint density at radius 2 is 1.70 bits per heavy atom. The molecule has 1 aliphatic heterocycles. The zero-order chi connectivity index (χ0) is 33.9. The smallest absolute Gasteiger partial charge is 0.308 e. The summed E-state index contributed by atoms with van der Waals surface area (Å²) in [7, 11) is 0. The average molecular weight is 661 g/mol. The van der Waals surface area contributed by atoms with Crippen molar-refractivity contribution in [2.45, 2.75) is 104 Å². The van der Waals surface area contributed by atoms with E-state index < -0.39 is 11.4 Å². The van der Waals surface area contributed by atoms with Crippen LogP contribution in [0.5, 0.6) is 0 Å². The molecule has 250 valence electrons. The zero-order valence-corrected chi connectivity index (χ0v) is 29.1. The molecule has 1 fully saturated rings. The van der Waals surface area contributed by atoms with Crippen LogP contribution in [0.1, 0.15) is 89.7 Å². The Bertz CT molecular complexity index is 1670. The van der Waals surface area contributed by atoms with Crippen molar-refractivity contribution in [3.8, 4) is 21.7 Å². The summed E-state index contributed by atoms with van der Waals surface area (Å²) in [5.41, 5.74) is 4.09. The second-order valence-corrected chi connectivity index (χ2v) is 14.7. The lowest BCUT2D eigenvalue weighted by Gasteiger charge is -2.41. The summed E-state index contributed by atoms with van der Waals surface area (Å²) < 4.78 is 34.5. The van der Waals surface area contributed by atoms with Gasteiger partial charge in [-0.05, 0) is 100 Å². The molecule has 2 unspecified atom stereocenters. The van der Waals surface area contributed by atoms with Crippen molar-refractivity contribution in [1.29, 1.82) is 0 Å². The molecular formula is C38H45FN2O5S. The number of aromatic nitrogens is 1. The lowest BCUT2D eigenvalue weighted by atomic mass is 9.98. The molecule has 1 saturated heterocycles. The Morgan fingerprint density at radius 3 is 2.32 bits per heavy atom. The predicted molar refractivity (Wildman–Crippen MR) is 185 cm³/mol. The minimum Gasteiger partial charge on any atom is -0.460 e. The van der Waals surface area contributed by atoms with Crippen LogP contribution in [0.3, 0.4) is 0 Å². The van der Waals surface area contributed by atoms with Crippen molar-refractivity contribution in [3.63, 3.8) is 0 Å². The van der Waals surface area contributed by atoms with Gasteiger partial charge in [0.15, 0.2) is 5.79 Å². The molecule has 2 aromatic heterocycles. The quantitative estimate of drug-likeness (QED) is 0.172. The van der Waals surface area contributed by atoms with E-state index in [1.807, 2.05) is 82.5 Å². The number of carbonyl (C=O) groups is 2. The zero-order valence-electron chi connectivity index (χ0n) is 28.3. The van der Waals surface area contributed by atoms with Crippen molar-refractivity contribution in [2.24, 2.45) is 0 Å². The third-order valence-electron chi connectivity index (χ3n) is 7.91. The summed E-state index contributed by atoms with van der Waals surface area (Å²) in [6.07, 6.45) is 0.671. The summed E-state index contributed by atoms with van der Waals surface area (Å²) >= 11 is 1.56. The molecule has 1 aliphatic rings. The van der Waals surface area contributed by atoms with Crippen molar-refractivity contribution in [1.82, 2.24) is 4.57 Å². The van der Waals surface area contributed by atoms with Gasteiger partial charge in [0, 0.05) is 34.8 Å². The predicted octanol–water partition coefficient (Wildman–Crippen LogP) is 9.43. The number of carbonyl (C=O) groups excluding carboxylic acids is 2. The Hall–Kier alpha value is -3.79. The van der Waals surface area contributed by atoms with Crippen molar-refractivity contribution < 1.29 is 28.2 Å². The van der Waals surface area contributed by atoms with Gasteiger partial charge in [0.05, 0.1) is 29.9 Å². The number of thiophene rings is 1. The van der Waals surface area contributed by atoms with Crippen LogP contribution in [0.4, 0.5) is 10.1 Å². The number of amides is 1. The highest BCUT2D eigenvalue weighted by Crippen LogP contribution is 2.44. The van der Waals surface area contributed by atoms with Crippen LogP contribution >= 0.6 is 11.3 Å². The van der Waals surface area contributed by atoms with E-state index in [9.17, 15) is 14.0 Å². The molecule has 0 spiro atoms. The molecule has 4 aromatic rings. The topological polar surface area (TPSA) is 78.8 Å². The van der Waals surface area contributed by atoms with Crippen LogP contribution in [-0.4, -0.2) is 40.0 Å². The first-order valence-electron chi connectivity index (χ1n) is 16.2. The molecule has 9 heteroatoms. The molecule has 0 aliphatic carbocycles. The Kier molecular flexibility index (Phi) is 10.4. The fourth-order valence-electron chi connectivity index (χ4n) is 6.35. The Labute approximate surface area is 281 Å². The third kappa shape index (κ3) is 8.58. The van der Waals surface area contributed by atoms with Gasteiger partial charge in [0.1, 0.15) is 11.4 Å². The number of nitrogens with zero attached hydrogens (tertiary/aromatic N) is 1. The van der Waals surface area contributed by atoms with Gasteiger partial charge < -0.3 is 24.1 Å². The maximum atomic E-state index is 14.3. The van der Waals surface area contributed by atoms with Crippen LogP contribution in [0, 0.1) is 5.82 Å². The summed E-state index contributed by atoms with van der Waals surface area (Å²) in [6, 6.07) is 19.9. The molecular weight excluding hydrogens is 615 g/mol. The Morgan fingerprint density at radius 1 is 1.02 bits per heavy atom. The molecule has 2 aromatic carbocycles. The molecule has 5 rings (SSSR count). The maximum Gasteiger partial charge on any atom is 0.308 e. The highest BCUT2D eigenvalue weighted by atomic mass is 32.1. The lowest BCUT2D eigenvalue weighted by molar-refractivity contribution is -0.301. The second-order valence-electron chi connectivity index (χ2n) is 13.8. The van der Waals surface area contributed by atoms with Crippen LogP contribution in [0.25, 0.3) is 21.7 Å². The second kappa shape index (κ2) is 14.1. The van der Waals surface area contributed by atoms with E-state index in [1.165, 1.54) is 12.1 Å². The number of anilines is 1. The van der Waals surface area contributed by atoms with Gasteiger partial charge in [-0.25, -0.2) is 4.39 Å². The standard InChI is InChI=1S/C38H45FN2O5S/c1-24(2)34-33(36(43)40-27-12-9-8-10-13-27)32(30-14-11-21-47-30)35(25-15-17-26(39)18-16-25)41(34)20-19-28-22-29(45-38(6,7)44-28)23-31(42)46-37(3,4)5/h8-18,21,24,28-29H,19-20,22-23H2,1-7H3,(H,40,43). The molecule has 2 atom stereocenters. The number of esters is 1. The van der Waals surface area contributed by atoms with Crippen molar-refractivity contribution >= 4 is 28.9 Å². The van der Waals surface area contributed by atoms with E-state index in [1.54, 1.807) is 23.5 Å². The van der Waals surface area contributed by atoms with E-state index in [4.69, 9.17) is 14.2 Å². The number of ether oxygens (including phenoxy) is 3. The fraction of sp³-hybridized carbons (Fsp3) is 0.421. The third-order valence-corrected chi connectivity index (χ3v) is 8.80. The van der Waals surface area contributed by atoms with Gasteiger partial charge >= 0.3 is 5.97 Å². The number of hydrogen-bond donors (Lipinski definition) is 1. The van der Waals surface area contributed by atoms with E-state index in [0.29, 0.717) is 30.6 Å². The van der Waals surface area contributed by atoms with Gasteiger partial charge in [-0.15, -0.1) is 11.3 Å². The highest BCUT2D eigenvalue weighted by Gasteiger charge is 2.38. The maximum absolute atomic E-state index is 14.3. The number of benzene rings is 2. The molecule has 1 amide bonds. The molecule has 0 saturated carbocycles. The van der Waals surface area contributed by atoms with Gasteiger partial charge in [0.2, 0.25) is 0 Å². The van der Waals surface area contributed by atoms with Crippen LogP contribution in [0.15, 0.2) is 72.1 Å². The van der Waals surface area contributed by atoms with Crippen molar-refractivity contribution in [2.75, 3.05) is 5.32 Å². The van der Waals surface area contributed by atoms with Crippen molar-refractivity contribution in [3.05, 3.63) is 89.2 Å². The van der Waals surface area contributed by atoms with Gasteiger partial charge in [-0.3, -0.25) is 9.59 Å². The largest absolute Gasteiger partial charge is 0.460 e. The van der Waals surface area contributed by atoms with E-state index in [2.05, 4.69) is 23.7 Å². The van der Waals surface area contributed by atoms with E-state index >= 15 is 0 Å². The highest BCUT2D eigenvalue weighted by molar-refractivity contribution is 7.13. The number of rotatable bonds is 10. The molecule has 0 radical (unpaired) electrons. The van der Waals surface area contributed by atoms with E-state index in [-0.39, 0.29) is 42.2 Å². The monoisotopic (exact) mass is 660 g/mol. The molecule has 1 N–H and O–H groups in total. The van der Waals surface area contributed by atoms with Gasteiger partial charge in [0.25, 0.3) is 5.91 Å². The first-order valence-corrected chi connectivity index (χ1v) is 17.1. The normalized spacial score (nSPS) is 17.9. The lowest BCUT2D eigenvalue weighted by Crippen LogP contribution is -2.46. The van der Waals surface area contributed by atoms with Gasteiger partial charge in [-0.1, -0.05) is 38.1 Å². The van der Waals surface area contributed by atoms with Gasteiger partial charge in [-0.2, -0.15) is 0 Å². The first-order chi connectivity index (χ1) is 22.2. The summed E-state index contributed by atoms with van der Waals surface area (Å²) in [5.74, 6) is -1.75. The number of hydrogen-bond acceptors (Lipinski definition) is 6. The number of halogens is 1. The molecule has 3 heterocycles. The molecule has 0 bridgehead atoms. The summed E-state index contributed by atoms with van der Waals surface area (Å²) in [6.45, 7) is 14.0. The SMILES string of the molecule is CC(C)c1c(C(=O)Nc2ccccc2)c(-c2cccs2)c(-c2ccc(F)cc2)n1CCC1CC(CC(=O)OC(C)(C)C)OC(C)(C)O1. The number of nitrogens with one attached hydrogen (secondary N) is 1. The van der Waals surface area contributed by atoms with Crippen LogP contribution < -0.4 is 5.32 Å². The van der Waals surface area contributed by atoms with E-state index in [0.717, 1.165) is 27.4 Å². The Balaban J connectivity index is 1.57. The first kappa shape index (κ1) is 34.5.